The Morgan fingerprint density at radius 3 is 2.49 bits per heavy atom. The fraction of sp³-hybridized carbons (Fsp3) is 0.367. The van der Waals surface area contributed by atoms with Crippen LogP contribution in [0.1, 0.15) is 59.8 Å². The highest BCUT2D eigenvalue weighted by atomic mass is 32.2. The van der Waals surface area contributed by atoms with Gasteiger partial charge in [0.15, 0.2) is 12.2 Å². The van der Waals surface area contributed by atoms with E-state index in [1.54, 1.807) is 35.6 Å². The van der Waals surface area contributed by atoms with Crippen molar-refractivity contribution in [2.45, 2.75) is 51.3 Å². The topological polar surface area (TPSA) is 86.0 Å². The van der Waals surface area contributed by atoms with E-state index in [0.29, 0.717) is 12.2 Å². The van der Waals surface area contributed by atoms with Crippen LogP contribution in [0.15, 0.2) is 72.8 Å². The lowest BCUT2D eigenvalue weighted by Gasteiger charge is -2.28. The zero-order chi connectivity index (χ0) is 28.3. The molecule has 210 valence electrons. The number of ether oxygens (including phenoxy) is 1. The Balaban J connectivity index is 1.70. The van der Waals surface area contributed by atoms with E-state index in [1.807, 2.05) is 31.2 Å². The van der Waals surface area contributed by atoms with Crippen molar-refractivity contribution in [2.75, 3.05) is 25.1 Å². The lowest BCUT2D eigenvalue weighted by atomic mass is 9.90. The number of aryl methyl sites for hydroxylation is 1. The molecule has 0 radical (unpaired) electrons. The van der Waals surface area contributed by atoms with Crippen molar-refractivity contribution in [1.82, 2.24) is 5.32 Å². The molecule has 0 bridgehead atoms. The predicted molar refractivity (Wildman–Crippen MR) is 154 cm³/mol. The smallest absolute Gasteiger partial charge is 0.251 e. The van der Waals surface area contributed by atoms with Crippen LogP contribution in [0, 0.1) is 5.82 Å². The Morgan fingerprint density at radius 2 is 1.82 bits per heavy atom. The Morgan fingerprint density at radius 1 is 1.10 bits per heavy atom. The lowest BCUT2D eigenvalue weighted by molar-refractivity contribution is -0.160. The van der Waals surface area contributed by atoms with Gasteiger partial charge in [-0.3, -0.25) is 9.10 Å². The van der Waals surface area contributed by atoms with Crippen LogP contribution in [-0.2, 0) is 27.0 Å². The van der Waals surface area contributed by atoms with Crippen molar-refractivity contribution < 1.29 is 23.1 Å². The summed E-state index contributed by atoms with van der Waals surface area (Å²) in [6, 6.07) is 21.5. The number of nitrogens with one attached hydrogen (secondary N) is 1. The number of nitrogens with two attached hydrogens (primary N) is 1. The highest BCUT2D eigenvalue weighted by Gasteiger charge is 2.23. The van der Waals surface area contributed by atoms with Gasteiger partial charge in [0.1, 0.15) is 5.82 Å². The standard InChI is InChI=1S/C30H38FN3O4S/c1-5-30(32,16-15-23-9-7-6-8-10-23)21-37-20-24-17-26(19-28(18-24)34(3)39-38-36-4)29(35)33-22(2)25-11-13-27(31)14-12-25/h6-14,17-19,22H,5,15-16,20-21,32H2,1-4H3,(H,33,35)/t22-,30?/m1/s1. The van der Waals surface area contributed by atoms with Crippen molar-refractivity contribution in [1.29, 1.82) is 0 Å². The molecule has 0 spiro atoms. The summed E-state index contributed by atoms with van der Waals surface area (Å²) in [5, 5.41) is 2.99. The molecule has 3 rings (SSSR count). The van der Waals surface area contributed by atoms with E-state index >= 15 is 0 Å². The van der Waals surface area contributed by atoms with Crippen molar-refractivity contribution in [2.24, 2.45) is 5.73 Å². The molecule has 0 saturated heterocycles. The predicted octanol–water partition coefficient (Wildman–Crippen LogP) is 6.15. The third-order valence-corrected chi connectivity index (χ3v) is 7.28. The van der Waals surface area contributed by atoms with Gasteiger partial charge in [-0.2, -0.15) is 0 Å². The first-order valence-corrected chi connectivity index (χ1v) is 13.6. The van der Waals surface area contributed by atoms with Gasteiger partial charge in [0.2, 0.25) is 0 Å². The summed E-state index contributed by atoms with van der Waals surface area (Å²) in [4.78, 5) is 17.9. The molecule has 0 aliphatic carbocycles. The molecule has 0 heterocycles. The average molecular weight is 556 g/mol. The molecular weight excluding hydrogens is 517 g/mol. The van der Waals surface area contributed by atoms with Crippen molar-refractivity contribution in [3.05, 3.63) is 101 Å². The summed E-state index contributed by atoms with van der Waals surface area (Å²) in [5.74, 6) is -0.580. The normalized spacial score (nSPS) is 13.5. The molecular formula is C30H38FN3O4S. The first-order valence-electron chi connectivity index (χ1n) is 12.9. The van der Waals surface area contributed by atoms with Gasteiger partial charge < -0.3 is 15.8 Å². The minimum absolute atomic E-state index is 0.259. The molecule has 1 amide bonds. The molecule has 3 aromatic rings. The van der Waals surface area contributed by atoms with Gasteiger partial charge >= 0.3 is 0 Å². The summed E-state index contributed by atoms with van der Waals surface area (Å²) in [5.41, 5.74) is 10.3. The fourth-order valence-corrected chi connectivity index (χ4v) is 4.41. The van der Waals surface area contributed by atoms with E-state index in [2.05, 4.69) is 24.4 Å². The SMILES string of the molecule is CCC(N)(CCc1ccccc1)COCc1cc(C(=O)N[C@H](C)c2ccc(F)cc2)cc(N(C)SOOC)c1. The molecule has 3 N–H and O–H groups in total. The van der Waals surface area contributed by atoms with Crippen LogP contribution in [-0.4, -0.2) is 32.2 Å². The number of nitrogens with zero attached hydrogens (tertiary/aromatic N) is 1. The zero-order valence-corrected chi connectivity index (χ0v) is 23.8. The number of carbonyl (C=O) groups is 1. The molecule has 0 fully saturated rings. The molecule has 0 aliphatic rings. The van der Waals surface area contributed by atoms with E-state index < -0.39 is 5.54 Å². The van der Waals surface area contributed by atoms with Crippen LogP contribution in [0.3, 0.4) is 0 Å². The summed E-state index contributed by atoms with van der Waals surface area (Å²) in [6.07, 6.45) is 2.46. The number of carbonyl (C=O) groups excluding carboxylic acids is 1. The van der Waals surface area contributed by atoms with Crippen molar-refractivity contribution in [3.8, 4) is 0 Å². The Bertz CT molecular complexity index is 1180. The van der Waals surface area contributed by atoms with E-state index in [9.17, 15) is 9.18 Å². The van der Waals surface area contributed by atoms with Gasteiger partial charge in [0.25, 0.3) is 5.91 Å². The van der Waals surface area contributed by atoms with E-state index in [0.717, 1.165) is 48.3 Å². The van der Waals surface area contributed by atoms with Crippen molar-refractivity contribution in [3.63, 3.8) is 0 Å². The minimum atomic E-state index is -0.461. The number of halogens is 1. The number of hydrogen-bond acceptors (Lipinski definition) is 7. The number of benzene rings is 3. The lowest BCUT2D eigenvalue weighted by Crippen LogP contribution is -2.44. The van der Waals surface area contributed by atoms with Gasteiger partial charge in [0, 0.05) is 23.8 Å². The fourth-order valence-electron chi connectivity index (χ4n) is 4.07. The second kappa shape index (κ2) is 15.0. The van der Waals surface area contributed by atoms with E-state index in [4.69, 9.17) is 19.7 Å². The molecule has 39 heavy (non-hydrogen) atoms. The Hall–Kier alpha value is -2.95. The van der Waals surface area contributed by atoms with Crippen LogP contribution >= 0.6 is 12.2 Å². The van der Waals surface area contributed by atoms with Gasteiger partial charge in [-0.1, -0.05) is 49.4 Å². The second-order valence-electron chi connectivity index (χ2n) is 9.64. The highest BCUT2D eigenvalue weighted by Crippen LogP contribution is 2.26. The molecule has 2 atom stereocenters. The largest absolute Gasteiger partial charge is 0.375 e. The highest BCUT2D eigenvalue weighted by molar-refractivity contribution is 7.95. The maximum absolute atomic E-state index is 13.3. The number of amides is 1. The van der Waals surface area contributed by atoms with Crippen molar-refractivity contribution >= 4 is 23.8 Å². The summed E-state index contributed by atoms with van der Waals surface area (Å²) in [6.45, 7) is 4.60. The maximum atomic E-state index is 13.3. The molecule has 0 saturated carbocycles. The molecule has 0 aliphatic heterocycles. The third-order valence-electron chi connectivity index (χ3n) is 6.65. The van der Waals surface area contributed by atoms with Gasteiger partial charge in [-0.05, 0) is 73.2 Å². The molecule has 1 unspecified atom stereocenters. The second-order valence-corrected chi connectivity index (χ2v) is 10.5. The summed E-state index contributed by atoms with van der Waals surface area (Å²) >= 11 is 0.990. The van der Waals surface area contributed by atoms with Gasteiger partial charge in [-0.15, -0.1) is 4.33 Å². The Kier molecular flexibility index (Phi) is 11.8. The number of hydrogen-bond donors (Lipinski definition) is 2. The van der Waals surface area contributed by atoms with Crippen LogP contribution in [0.4, 0.5) is 10.1 Å². The van der Waals surface area contributed by atoms with Crippen LogP contribution < -0.4 is 15.4 Å². The maximum Gasteiger partial charge on any atom is 0.251 e. The molecule has 9 heteroatoms. The molecule has 0 aromatic heterocycles. The summed E-state index contributed by atoms with van der Waals surface area (Å²) in [7, 11) is 3.23. The molecule has 3 aromatic carbocycles. The Labute approximate surface area is 235 Å². The quantitative estimate of drug-likeness (QED) is 0.101. The van der Waals surface area contributed by atoms with Crippen LogP contribution in [0.2, 0.25) is 0 Å². The van der Waals surface area contributed by atoms with Crippen LogP contribution in [0.5, 0.6) is 0 Å². The summed E-state index contributed by atoms with van der Waals surface area (Å²) < 4.78 is 26.2. The first kappa shape index (κ1) is 30.6. The van der Waals surface area contributed by atoms with E-state index in [1.165, 1.54) is 24.8 Å². The minimum Gasteiger partial charge on any atom is -0.375 e. The van der Waals surface area contributed by atoms with Gasteiger partial charge in [0.05, 0.1) is 26.4 Å². The monoisotopic (exact) mass is 555 g/mol. The number of anilines is 1. The molecule has 7 nitrogen and oxygen atoms in total. The van der Waals surface area contributed by atoms with E-state index in [-0.39, 0.29) is 24.4 Å². The average Bonchev–Trinajstić information content (AvgIpc) is 2.95. The number of rotatable bonds is 15. The third kappa shape index (κ3) is 9.63. The van der Waals surface area contributed by atoms with Gasteiger partial charge in [-0.25, -0.2) is 9.28 Å². The van der Waals surface area contributed by atoms with Crippen LogP contribution in [0.25, 0.3) is 0 Å². The zero-order valence-electron chi connectivity index (χ0n) is 23.0. The first-order chi connectivity index (χ1) is 18.7.